The molecule has 0 saturated heterocycles. The average Bonchev–Trinajstić information content (AvgIpc) is 2.24. The van der Waals surface area contributed by atoms with Gasteiger partial charge >= 0.3 is 0 Å². The number of alkyl halides is 1. The van der Waals surface area contributed by atoms with Crippen LogP contribution in [-0.2, 0) is 6.54 Å². The minimum atomic E-state index is -0.813. The largest absolute Gasteiger partial charge is 0.311 e. The first-order valence-corrected chi connectivity index (χ1v) is 5.36. The molecule has 0 fully saturated rings. The molecule has 1 rings (SSSR count). The molecule has 15 heavy (non-hydrogen) atoms. The van der Waals surface area contributed by atoms with Crippen molar-refractivity contribution in [1.29, 1.82) is 0 Å². The van der Waals surface area contributed by atoms with Crippen molar-refractivity contribution in [2.45, 2.75) is 25.3 Å². The molecule has 0 amide bonds. The van der Waals surface area contributed by atoms with Gasteiger partial charge in [-0.2, -0.15) is 0 Å². The van der Waals surface area contributed by atoms with Gasteiger partial charge in [-0.15, -0.1) is 11.6 Å². The van der Waals surface area contributed by atoms with E-state index in [4.69, 9.17) is 11.6 Å². The summed E-state index contributed by atoms with van der Waals surface area (Å²) >= 11 is 5.87. The molecular formula is C11H14ClF2N. The van der Waals surface area contributed by atoms with Crippen LogP contribution in [-0.4, -0.2) is 11.9 Å². The Morgan fingerprint density at radius 1 is 1.40 bits per heavy atom. The second kappa shape index (κ2) is 6.03. The Balaban J connectivity index is 2.47. The predicted molar refractivity (Wildman–Crippen MR) is 58.0 cm³/mol. The van der Waals surface area contributed by atoms with Crippen molar-refractivity contribution in [3.05, 3.63) is 35.4 Å². The van der Waals surface area contributed by atoms with Gasteiger partial charge in [0.1, 0.15) is 0 Å². The molecule has 0 aromatic heterocycles. The van der Waals surface area contributed by atoms with Gasteiger partial charge in [0.15, 0.2) is 11.6 Å². The van der Waals surface area contributed by atoms with E-state index in [1.165, 1.54) is 6.07 Å². The van der Waals surface area contributed by atoms with E-state index in [1.807, 2.05) is 6.92 Å². The number of rotatable bonds is 5. The van der Waals surface area contributed by atoms with E-state index in [2.05, 4.69) is 5.32 Å². The van der Waals surface area contributed by atoms with E-state index < -0.39 is 11.6 Å². The normalized spacial score (nSPS) is 12.8. The highest BCUT2D eigenvalue weighted by Gasteiger charge is 2.07. The lowest BCUT2D eigenvalue weighted by molar-refractivity contribution is 0.492. The molecule has 1 unspecified atom stereocenters. The third-order valence-electron chi connectivity index (χ3n) is 2.16. The van der Waals surface area contributed by atoms with Crippen LogP contribution in [0.15, 0.2) is 18.2 Å². The third kappa shape index (κ3) is 3.76. The van der Waals surface area contributed by atoms with Gasteiger partial charge in [0.25, 0.3) is 0 Å². The lowest BCUT2D eigenvalue weighted by Gasteiger charge is -2.09. The molecule has 1 aromatic rings. The molecule has 4 heteroatoms. The molecule has 1 nitrogen and oxygen atoms in total. The van der Waals surface area contributed by atoms with Crippen LogP contribution < -0.4 is 5.32 Å². The van der Waals surface area contributed by atoms with E-state index in [0.29, 0.717) is 18.7 Å². The monoisotopic (exact) mass is 233 g/mol. The number of nitrogens with one attached hydrogen (secondary N) is 1. The zero-order valence-electron chi connectivity index (χ0n) is 8.56. The van der Waals surface area contributed by atoms with Crippen LogP contribution in [0.1, 0.15) is 18.9 Å². The first kappa shape index (κ1) is 12.4. The quantitative estimate of drug-likeness (QED) is 0.771. The van der Waals surface area contributed by atoms with E-state index in [9.17, 15) is 8.78 Å². The summed E-state index contributed by atoms with van der Waals surface area (Å²) in [5, 5.41) is 3.01. The Morgan fingerprint density at radius 3 is 2.80 bits per heavy atom. The van der Waals surface area contributed by atoms with Crippen molar-refractivity contribution in [2.24, 2.45) is 0 Å². The van der Waals surface area contributed by atoms with Crippen LogP contribution in [0.3, 0.4) is 0 Å². The summed E-state index contributed by atoms with van der Waals surface area (Å²) in [5.41, 5.74) is 0.329. The molecule has 1 aromatic carbocycles. The number of hydrogen-bond donors (Lipinski definition) is 1. The molecule has 84 valence electrons. The zero-order valence-corrected chi connectivity index (χ0v) is 9.32. The van der Waals surface area contributed by atoms with Gasteiger partial charge in [0.2, 0.25) is 0 Å². The Morgan fingerprint density at radius 2 is 2.13 bits per heavy atom. The third-order valence-corrected chi connectivity index (χ3v) is 2.62. The molecule has 0 aliphatic carbocycles. The summed E-state index contributed by atoms with van der Waals surface area (Å²) < 4.78 is 26.0. The topological polar surface area (TPSA) is 12.0 Å². The van der Waals surface area contributed by atoms with E-state index >= 15 is 0 Å². The summed E-state index contributed by atoms with van der Waals surface area (Å²) in [6.45, 7) is 2.86. The Bertz CT molecular complexity index is 317. The van der Waals surface area contributed by atoms with Gasteiger partial charge in [-0.3, -0.25) is 0 Å². The van der Waals surface area contributed by atoms with Crippen molar-refractivity contribution < 1.29 is 8.78 Å². The molecule has 0 spiro atoms. The minimum absolute atomic E-state index is 0.0293. The fourth-order valence-electron chi connectivity index (χ4n) is 1.19. The van der Waals surface area contributed by atoms with Gasteiger partial charge < -0.3 is 5.32 Å². The zero-order chi connectivity index (χ0) is 11.3. The molecule has 0 bridgehead atoms. The van der Waals surface area contributed by atoms with Crippen molar-refractivity contribution in [3.63, 3.8) is 0 Å². The second-order valence-corrected chi connectivity index (χ2v) is 3.97. The predicted octanol–water partition coefficient (Wildman–Crippen LogP) is 3.07. The fraction of sp³-hybridized carbons (Fsp3) is 0.455. The van der Waals surface area contributed by atoms with Crippen molar-refractivity contribution in [1.82, 2.24) is 5.32 Å². The van der Waals surface area contributed by atoms with Crippen LogP contribution in [0.5, 0.6) is 0 Å². The molecule has 0 aliphatic rings. The molecule has 0 aliphatic heterocycles. The minimum Gasteiger partial charge on any atom is -0.311 e. The Kier molecular flexibility index (Phi) is 4.99. The summed E-state index contributed by atoms with van der Waals surface area (Å²) in [6.07, 6.45) is 0.847. The van der Waals surface area contributed by atoms with Crippen LogP contribution in [0.25, 0.3) is 0 Å². The SMILES string of the molecule is CCC(Cl)CNCc1cccc(F)c1F. The highest BCUT2D eigenvalue weighted by molar-refractivity contribution is 6.20. The maximum atomic E-state index is 13.2. The number of benzene rings is 1. The smallest absolute Gasteiger partial charge is 0.163 e. The summed E-state index contributed by atoms with van der Waals surface area (Å²) in [6, 6.07) is 4.16. The van der Waals surface area contributed by atoms with Gasteiger partial charge in [-0.25, -0.2) is 8.78 Å². The van der Waals surface area contributed by atoms with E-state index in [1.54, 1.807) is 6.07 Å². The van der Waals surface area contributed by atoms with Crippen molar-refractivity contribution >= 4 is 11.6 Å². The lowest BCUT2D eigenvalue weighted by atomic mass is 10.2. The summed E-state index contributed by atoms with van der Waals surface area (Å²) in [5.74, 6) is -1.60. The molecule has 0 heterocycles. The van der Waals surface area contributed by atoms with Gasteiger partial charge in [0, 0.05) is 24.0 Å². The average molecular weight is 234 g/mol. The van der Waals surface area contributed by atoms with Gasteiger partial charge in [0.05, 0.1) is 0 Å². The first-order valence-electron chi connectivity index (χ1n) is 4.92. The maximum Gasteiger partial charge on any atom is 0.163 e. The molecule has 0 radical (unpaired) electrons. The standard InChI is InChI=1S/C11H14ClF2N/c1-2-9(12)7-15-6-8-4-3-5-10(13)11(8)14/h3-5,9,15H,2,6-7H2,1H3. The highest BCUT2D eigenvalue weighted by atomic mass is 35.5. The van der Waals surface area contributed by atoms with Crippen LogP contribution in [0.4, 0.5) is 8.78 Å². The Hall–Kier alpha value is -0.670. The van der Waals surface area contributed by atoms with E-state index in [0.717, 1.165) is 12.5 Å². The van der Waals surface area contributed by atoms with Crippen molar-refractivity contribution in [3.8, 4) is 0 Å². The first-order chi connectivity index (χ1) is 7.15. The second-order valence-electron chi connectivity index (χ2n) is 3.35. The fourth-order valence-corrected chi connectivity index (χ4v) is 1.30. The number of hydrogen-bond acceptors (Lipinski definition) is 1. The molecule has 1 N–H and O–H groups in total. The van der Waals surface area contributed by atoms with E-state index in [-0.39, 0.29) is 5.38 Å². The van der Waals surface area contributed by atoms with Crippen molar-refractivity contribution in [2.75, 3.05) is 6.54 Å². The van der Waals surface area contributed by atoms with Gasteiger partial charge in [-0.1, -0.05) is 19.1 Å². The maximum absolute atomic E-state index is 13.2. The van der Waals surface area contributed by atoms with Gasteiger partial charge in [-0.05, 0) is 12.5 Å². The lowest BCUT2D eigenvalue weighted by Crippen LogP contribution is -2.22. The summed E-state index contributed by atoms with van der Waals surface area (Å²) in [7, 11) is 0. The Labute approximate surface area is 93.4 Å². The molecule has 1 atom stereocenters. The highest BCUT2D eigenvalue weighted by Crippen LogP contribution is 2.11. The van der Waals surface area contributed by atoms with Crippen LogP contribution >= 0.6 is 11.6 Å². The summed E-state index contributed by atoms with van der Waals surface area (Å²) in [4.78, 5) is 0. The van der Waals surface area contributed by atoms with Crippen LogP contribution in [0.2, 0.25) is 0 Å². The number of halogens is 3. The molecular weight excluding hydrogens is 220 g/mol. The molecule has 0 saturated carbocycles. The van der Waals surface area contributed by atoms with Crippen LogP contribution in [0, 0.1) is 11.6 Å².